The number of nitrogens with zero attached hydrogens (tertiary/aromatic N) is 1. The molecule has 0 saturated carbocycles. The number of thiazole rings is 1. The molecule has 0 aliphatic rings. The molecule has 0 saturated heterocycles. The normalized spacial score (nSPS) is 11.0. The minimum absolute atomic E-state index is 0.212. The molecule has 0 unspecified atom stereocenters. The zero-order valence-electron chi connectivity index (χ0n) is 12.6. The molecule has 0 amide bonds. The predicted molar refractivity (Wildman–Crippen MR) is 101 cm³/mol. The SMILES string of the molecule is O=C(Cc1csc(-c2cccs2)n1)OCc1csc2ccccc12. The molecule has 0 aliphatic carbocycles. The summed E-state index contributed by atoms with van der Waals surface area (Å²) in [4.78, 5) is 17.7. The summed E-state index contributed by atoms with van der Waals surface area (Å²) in [6.45, 7) is 0.310. The molecule has 3 heterocycles. The van der Waals surface area contributed by atoms with Gasteiger partial charge in [0, 0.05) is 15.6 Å². The first-order valence-corrected chi connectivity index (χ1v) is 10.0. The first-order chi connectivity index (χ1) is 11.8. The number of fused-ring (bicyclic) bond motifs is 1. The van der Waals surface area contributed by atoms with Crippen LogP contribution in [0.3, 0.4) is 0 Å². The molecule has 6 heteroatoms. The summed E-state index contributed by atoms with van der Waals surface area (Å²) in [5.74, 6) is -0.242. The Morgan fingerprint density at radius 3 is 2.83 bits per heavy atom. The summed E-state index contributed by atoms with van der Waals surface area (Å²) >= 11 is 4.88. The molecule has 0 atom stereocenters. The highest BCUT2D eigenvalue weighted by atomic mass is 32.1. The average Bonchev–Trinajstić information content (AvgIpc) is 3.33. The van der Waals surface area contributed by atoms with Gasteiger partial charge in [-0.3, -0.25) is 4.79 Å². The van der Waals surface area contributed by atoms with E-state index >= 15 is 0 Å². The van der Waals surface area contributed by atoms with Crippen molar-refractivity contribution in [2.24, 2.45) is 0 Å². The van der Waals surface area contributed by atoms with Crippen molar-refractivity contribution in [1.82, 2.24) is 4.98 Å². The zero-order valence-corrected chi connectivity index (χ0v) is 15.0. The van der Waals surface area contributed by atoms with Gasteiger partial charge in [0.1, 0.15) is 11.6 Å². The Labute approximate surface area is 151 Å². The Morgan fingerprint density at radius 1 is 1.04 bits per heavy atom. The molecular formula is C18H13NO2S3. The predicted octanol–water partition coefficient (Wildman–Crippen LogP) is 5.37. The van der Waals surface area contributed by atoms with E-state index in [0.717, 1.165) is 26.5 Å². The molecule has 0 aliphatic heterocycles. The third-order valence-corrected chi connectivity index (χ3v) is 6.50. The second kappa shape index (κ2) is 6.84. The highest BCUT2D eigenvalue weighted by molar-refractivity contribution is 7.20. The number of aromatic nitrogens is 1. The highest BCUT2D eigenvalue weighted by Gasteiger charge is 2.12. The first kappa shape index (κ1) is 15.5. The number of thiophene rings is 2. The first-order valence-electron chi connectivity index (χ1n) is 7.38. The number of esters is 1. The molecule has 120 valence electrons. The number of carbonyl (C=O) groups excluding carboxylic acids is 1. The van der Waals surface area contributed by atoms with Crippen LogP contribution < -0.4 is 0 Å². The molecule has 0 spiro atoms. The van der Waals surface area contributed by atoms with Crippen molar-refractivity contribution in [3.05, 3.63) is 63.8 Å². The number of hydrogen-bond acceptors (Lipinski definition) is 6. The molecule has 1 aromatic carbocycles. The van der Waals surface area contributed by atoms with Crippen LogP contribution >= 0.6 is 34.0 Å². The lowest BCUT2D eigenvalue weighted by Crippen LogP contribution is -2.08. The molecule has 0 N–H and O–H groups in total. The van der Waals surface area contributed by atoms with Crippen LogP contribution in [-0.2, 0) is 22.6 Å². The number of ether oxygens (including phenoxy) is 1. The average molecular weight is 372 g/mol. The Kier molecular flexibility index (Phi) is 4.42. The fraction of sp³-hybridized carbons (Fsp3) is 0.111. The second-order valence-electron chi connectivity index (χ2n) is 5.22. The van der Waals surface area contributed by atoms with Crippen molar-refractivity contribution >= 4 is 50.1 Å². The van der Waals surface area contributed by atoms with Crippen molar-refractivity contribution in [3.8, 4) is 9.88 Å². The largest absolute Gasteiger partial charge is 0.460 e. The van der Waals surface area contributed by atoms with E-state index in [1.807, 2.05) is 35.0 Å². The van der Waals surface area contributed by atoms with Gasteiger partial charge < -0.3 is 4.74 Å². The number of benzene rings is 1. The standard InChI is InChI=1S/C18H13NO2S3/c20-17(8-13-11-24-18(19-13)16-6-3-7-22-16)21-9-12-10-23-15-5-2-1-4-14(12)15/h1-7,10-11H,8-9H2. The van der Waals surface area contributed by atoms with Gasteiger partial charge in [-0.2, -0.15) is 0 Å². The van der Waals surface area contributed by atoms with Gasteiger partial charge >= 0.3 is 5.97 Å². The maximum absolute atomic E-state index is 12.1. The zero-order chi connectivity index (χ0) is 16.4. The number of rotatable bonds is 5. The molecule has 0 radical (unpaired) electrons. The van der Waals surface area contributed by atoms with Crippen LogP contribution in [0.4, 0.5) is 0 Å². The van der Waals surface area contributed by atoms with Crippen LogP contribution in [0.5, 0.6) is 0 Å². The monoisotopic (exact) mass is 371 g/mol. The maximum Gasteiger partial charge on any atom is 0.312 e. The quantitative estimate of drug-likeness (QED) is 0.443. The minimum Gasteiger partial charge on any atom is -0.460 e. The molecule has 3 nitrogen and oxygen atoms in total. The summed E-state index contributed by atoms with van der Waals surface area (Å²) in [6, 6.07) is 12.2. The van der Waals surface area contributed by atoms with E-state index in [1.54, 1.807) is 34.0 Å². The van der Waals surface area contributed by atoms with E-state index in [2.05, 4.69) is 22.5 Å². The Bertz CT molecular complexity index is 969. The Hall–Kier alpha value is -2.02. The van der Waals surface area contributed by atoms with Crippen molar-refractivity contribution in [3.63, 3.8) is 0 Å². The van der Waals surface area contributed by atoms with Crippen LogP contribution in [0.15, 0.2) is 52.5 Å². The van der Waals surface area contributed by atoms with Crippen molar-refractivity contribution in [2.75, 3.05) is 0 Å². The van der Waals surface area contributed by atoms with Gasteiger partial charge in [-0.15, -0.1) is 34.0 Å². The minimum atomic E-state index is -0.242. The molecule has 24 heavy (non-hydrogen) atoms. The van der Waals surface area contributed by atoms with Gasteiger partial charge in [0.05, 0.1) is 17.0 Å². The van der Waals surface area contributed by atoms with Crippen LogP contribution in [-0.4, -0.2) is 11.0 Å². The lowest BCUT2D eigenvalue weighted by atomic mass is 10.2. The van der Waals surface area contributed by atoms with E-state index in [4.69, 9.17) is 4.74 Å². The van der Waals surface area contributed by atoms with E-state index in [-0.39, 0.29) is 12.4 Å². The van der Waals surface area contributed by atoms with E-state index < -0.39 is 0 Å². The van der Waals surface area contributed by atoms with Gasteiger partial charge in [-0.1, -0.05) is 24.3 Å². The number of carbonyl (C=O) groups is 1. The van der Waals surface area contributed by atoms with Gasteiger partial charge in [-0.05, 0) is 28.3 Å². The Morgan fingerprint density at radius 2 is 1.96 bits per heavy atom. The lowest BCUT2D eigenvalue weighted by Gasteiger charge is -2.03. The van der Waals surface area contributed by atoms with Crippen molar-refractivity contribution in [1.29, 1.82) is 0 Å². The molecule has 4 rings (SSSR count). The fourth-order valence-electron chi connectivity index (χ4n) is 2.40. The van der Waals surface area contributed by atoms with Crippen molar-refractivity contribution in [2.45, 2.75) is 13.0 Å². The number of hydrogen-bond donors (Lipinski definition) is 0. The molecule has 3 aromatic heterocycles. The maximum atomic E-state index is 12.1. The van der Waals surface area contributed by atoms with Gasteiger partial charge in [0.2, 0.25) is 0 Å². The second-order valence-corrected chi connectivity index (χ2v) is 7.93. The van der Waals surface area contributed by atoms with Gasteiger partial charge in [0.25, 0.3) is 0 Å². The van der Waals surface area contributed by atoms with Crippen LogP contribution in [0, 0.1) is 0 Å². The topological polar surface area (TPSA) is 39.2 Å². The summed E-state index contributed by atoms with van der Waals surface area (Å²) in [6.07, 6.45) is 0.212. The summed E-state index contributed by atoms with van der Waals surface area (Å²) in [7, 11) is 0. The highest BCUT2D eigenvalue weighted by Crippen LogP contribution is 2.28. The van der Waals surface area contributed by atoms with Crippen molar-refractivity contribution < 1.29 is 9.53 Å². The third kappa shape index (κ3) is 3.26. The fourth-order valence-corrected chi connectivity index (χ4v) is 4.98. The molecular weight excluding hydrogens is 358 g/mol. The van der Waals surface area contributed by atoms with Crippen LogP contribution in [0.2, 0.25) is 0 Å². The third-order valence-electron chi connectivity index (χ3n) is 3.56. The van der Waals surface area contributed by atoms with Crippen LogP contribution in [0.25, 0.3) is 20.0 Å². The smallest absolute Gasteiger partial charge is 0.312 e. The van der Waals surface area contributed by atoms with E-state index in [9.17, 15) is 4.79 Å². The molecule has 0 fully saturated rings. The summed E-state index contributed by atoms with van der Waals surface area (Å²) in [5, 5.41) is 8.11. The summed E-state index contributed by atoms with van der Waals surface area (Å²) in [5.41, 5.74) is 1.82. The van der Waals surface area contributed by atoms with Gasteiger partial charge in [0.15, 0.2) is 0 Å². The Balaban J connectivity index is 1.38. The van der Waals surface area contributed by atoms with Crippen LogP contribution in [0.1, 0.15) is 11.3 Å². The summed E-state index contributed by atoms with van der Waals surface area (Å²) < 4.78 is 6.65. The molecule has 4 aromatic rings. The lowest BCUT2D eigenvalue weighted by molar-refractivity contribution is -0.144. The molecule has 0 bridgehead atoms. The van der Waals surface area contributed by atoms with E-state index in [1.165, 1.54) is 4.70 Å². The van der Waals surface area contributed by atoms with Gasteiger partial charge in [-0.25, -0.2) is 4.98 Å². The van der Waals surface area contributed by atoms with E-state index in [0.29, 0.717) is 6.61 Å².